The van der Waals surface area contributed by atoms with Gasteiger partial charge in [0.05, 0.1) is 40.6 Å². The molecule has 3 atom stereocenters. The van der Waals surface area contributed by atoms with Crippen molar-refractivity contribution >= 4 is 43.1 Å². The van der Waals surface area contributed by atoms with Crippen LogP contribution in [-0.4, -0.2) is 72.1 Å². The molecule has 0 radical (unpaired) electrons. The number of rotatable bonds is 5. The number of fused-ring (bicyclic) bond motifs is 3. The van der Waals surface area contributed by atoms with Crippen molar-refractivity contribution in [3.8, 4) is 23.2 Å². The molecule has 4 aromatic rings. The van der Waals surface area contributed by atoms with Gasteiger partial charge in [-0.05, 0) is 44.0 Å². The van der Waals surface area contributed by atoms with Gasteiger partial charge in [-0.3, -0.25) is 4.90 Å². The molecule has 0 aliphatic carbocycles. The number of nitrogen functional groups attached to an aromatic ring is 1. The predicted molar refractivity (Wildman–Crippen MR) is 161 cm³/mol. The van der Waals surface area contributed by atoms with Gasteiger partial charge in [-0.1, -0.05) is 6.07 Å². The summed E-state index contributed by atoms with van der Waals surface area (Å²) >= 11 is 0.693. The Balaban J connectivity index is 1.47. The quantitative estimate of drug-likeness (QED) is 0.244. The monoisotopic (exact) mass is 662 g/mol. The normalized spacial score (nSPS) is 23.7. The van der Waals surface area contributed by atoms with Gasteiger partial charge in [0, 0.05) is 35.8 Å². The number of hydrogen-bond acceptors (Lipinski definition) is 9. The van der Waals surface area contributed by atoms with E-state index in [4.69, 9.17) is 15.2 Å². The highest BCUT2D eigenvalue weighted by Gasteiger charge is 2.49. The average Bonchev–Trinajstić information content (AvgIpc) is 3.65. The molecule has 15 heteroatoms. The smallest absolute Gasteiger partial charge is 0.417 e. The summed E-state index contributed by atoms with van der Waals surface area (Å²) in [7, 11) is 0. The number of alkyl halides is 4. The van der Waals surface area contributed by atoms with Crippen molar-refractivity contribution in [1.29, 1.82) is 5.26 Å². The van der Waals surface area contributed by atoms with Gasteiger partial charge in [0.2, 0.25) is 0 Å². The van der Waals surface area contributed by atoms with Crippen LogP contribution in [0.2, 0.25) is 0 Å². The van der Waals surface area contributed by atoms with Crippen LogP contribution in [0.3, 0.4) is 0 Å². The second kappa shape index (κ2) is 11.1. The first kappa shape index (κ1) is 30.8. The van der Waals surface area contributed by atoms with E-state index in [-0.39, 0.29) is 88.8 Å². The second-order valence-corrected chi connectivity index (χ2v) is 13.1. The van der Waals surface area contributed by atoms with E-state index in [0.717, 1.165) is 24.6 Å². The first-order valence-electron chi connectivity index (χ1n) is 14.8. The third kappa shape index (κ3) is 4.89. The molecule has 3 aliphatic heterocycles. The minimum atomic E-state index is -5.07. The summed E-state index contributed by atoms with van der Waals surface area (Å²) in [4.78, 5) is 12.5. The lowest BCUT2D eigenvalue weighted by molar-refractivity contribution is -0.137. The van der Waals surface area contributed by atoms with E-state index in [0.29, 0.717) is 24.3 Å². The van der Waals surface area contributed by atoms with E-state index in [2.05, 4.69) is 9.97 Å². The number of aromatic nitrogens is 2. The maximum Gasteiger partial charge on any atom is 0.417 e. The highest BCUT2D eigenvalue weighted by atomic mass is 32.1. The number of ether oxygens (including phenoxy) is 2. The molecule has 0 spiro atoms. The van der Waals surface area contributed by atoms with Crippen molar-refractivity contribution in [2.45, 2.75) is 50.1 Å². The zero-order valence-corrected chi connectivity index (χ0v) is 25.4. The molecule has 3 aliphatic rings. The van der Waals surface area contributed by atoms with Crippen molar-refractivity contribution in [3.63, 3.8) is 0 Å². The van der Waals surface area contributed by atoms with Gasteiger partial charge in [-0.15, -0.1) is 11.3 Å². The van der Waals surface area contributed by atoms with Gasteiger partial charge in [0.15, 0.2) is 5.82 Å². The fraction of sp³-hybridized carbons (Fsp3) is 0.452. The molecule has 46 heavy (non-hydrogen) atoms. The summed E-state index contributed by atoms with van der Waals surface area (Å²) in [6.07, 6.45) is -4.30. The van der Waals surface area contributed by atoms with Crippen molar-refractivity contribution in [3.05, 3.63) is 41.0 Å². The molecule has 3 saturated heterocycles. The third-order valence-electron chi connectivity index (χ3n) is 9.27. The Labute approximate surface area is 263 Å². The number of anilines is 2. The number of nitriles is 1. The summed E-state index contributed by atoms with van der Waals surface area (Å²) < 4.78 is 102. The lowest BCUT2D eigenvalue weighted by Gasteiger charge is -2.35. The standard InChI is InChI=1S/C31H28F6N6O2S/c1-15-13-44-8-7-43(15)28-18-9-20(31(35,36)37)23(17-3-4-21(33)26-22(17)19(11-38)27(39)46-26)24(34)25(18)40-29(41-28)45-14-30-5-2-6-42(30)12-16(32)10-30/h3-4,9,15-16H,2,5-8,10,12-14,39H2,1H3. The van der Waals surface area contributed by atoms with Crippen LogP contribution in [0, 0.1) is 23.0 Å². The summed E-state index contributed by atoms with van der Waals surface area (Å²) in [6, 6.07) is 3.94. The van der Waals surface area contributed by atoms with Crippen LogP contribution in [0.4, 0.5) is 37.2 Å². The fourth-order valence-electron chi connectivity index (χ4n) is 7.16. The van der Waals surface area contributed by atoms with Crippen LogP contribution < -0.4 is 15.4 Å². The molecule has 3 fully saturated rings. The number of nitrogens with two attached hydrogens (primary N) is 1. The highest BCUT2D eigenvalue weighted by molar-refractivity contribution is 7.23. The predicted octanol–water partition coefficient (Wildman–Crippen LogP) is 6.44. The van der Waals surface area contributed by atoms with Gasteiger partial charge in [0.25, 0.3) is 0 Å². The van der Waals surface area contributed by atoms with Gasteiger partial charge in [0.1, 0.15) is 41.0 Å². The number of morpholine rings is 1. The van der Waals surface area contributed by atoms with Crippen LogP contribution >= 0.6 is 11.3 Å². The maximum absolute atomic E-state index is 16.9. The molecule has 7 rings (SSSR count). The van der Waals surface area contributed by atoms with Crippen LogP contribution in [0.1, 0.15) is 37.3 Å². The van der Waals surface area contributed by atoms with E-state index >= 15 is 4.39 Å². The summed E-state index contributed by atoms with van der Waals surface area (Å²) in [6.45, 7) is 3.59. The SMILES string of the molecule is CC1COCCN1c1nc(OCC23CCCN2CC(F)C3)nc2c(F)c(-c3ccc(F)c4sc(N)c(C#N)c34)c(C(F)(F)F)cc12. The van der Waals surface area contributed by atoms with E-state index in [9.17, 15) is 27.2 Å². The molecule has 8 nitrogen and oxygen atoms in total. The molecule has 2 aromatic carbocycles. The van der Waals surface area contributed by atoms with E-state index in [1.54, 1.807) is 11.8 Å². The van der Waals surface area contributed by atoms with E-state index < -0.39 is 46.2 Å². The zero-order chi connectivity index (χ0) is 32.5. The first-order valence-corrected chi connectivity index (χ1v) is 15.6. The number of benzene rings is 2. The topological polar surface area (TPSA) is 101 Å². The molecular weight excluding hydrogens is 634 g/mol. The Morgan fingerprint density at radius 3 is 2.78 bits per heavy atom. The lowest BCUT2D eigenvalue weighted by atomic mass is 9.92. The second-order valence-electron chi connectivity index (χ2n) is 12.1. The van der Waals surface area contributed by atoms with Gasteiger partial charge in [-0.2, -0.15) is 28.4 Å². The summed E-state index contributed by atoms with van der Waals surface area (Å²) in [5.41, 5.74) is 2.05. The molecular formula is C31H28F6N6O2S. The Morgan fingerprint density at radius 2 is 2.04 bits per heavy atom. The van der Waals surface area contributed by atoms with Crippen molar-refractivity contribution < 1.29 is 35.8 Å². The third-order valence-corrected chi connectivity index (χ3v) is 10.3. The van der Waals surface area contributed by atoms with Crippen LogP contribution in [0.25, 0.3) is 32.1 Å². The van der Waals surface area contributed by atoms with Gasteiger partial charge >= 0.3 is 12.2 Å². The highest BCUT2D eigenvalue weighted by Crippen LogP contribution is 2.48. The zero-order valence-electron chi connectivity index (χ0n) is 24.6. The largest absolute Gasteiger partial charge is 0.461 e. The molecule has 5 heterocycles. The number of hydrogen-bond donors (Lipinski definition) is 1. The number of thiophene rings is 1. The Kier molecular flexibility index (Phi) is 7.45. The Morgan fingerprint density at radius 1 is 1.24 bits per heavy atom. The molecule has 2 N–H and O–H groups in total. The summed E-state index contributed by atoms with van der Waals surface area (Å²) in [5.74, 6) is -2.12. The molecule has 2 aromatic heterocycles. The summed E-state index contributed by atoms with van der Waals surface area (Å²) in [5, 5.41) is 9.24. The lowest BCUT2D eigenvalue weighted by Crippen LogP contribution is -2.45. The van der Waals surface area contributed by atoms with Crippen LogP contribution in [-0.2, 0) is 10.9 Å². The molecule has 0 saturated carbocycles. The Bertz CT molecular complexity index is 1910. The maximum atomic E-state index is 16.9. The minimum absolute atomic E-state index is 0.0183. The Hall–Kier alpha value is -3.87. The van der Waals surface area contributed by atoms with E-state index in [1.807, 2.05) is 11.0 Å². The minimum Gasteiger partial charge on any atom is -0.461 e. The van der Waals surface area contributed by atoms with Crippen molar-refractivity contribution in [2.24, 2.45) is 0 Å². The van der Waals surface area contributed by atoms with Gasteiger partial charge < -0.3 is 20.1 Å². The molecule has 0 bridgehead atoms. The fourth-order valence-corrected chi connectivity index (χ4v) is 8.11. The molecule has 242 valence electrons. The van der Waals surface area contributed by atoms with Crippen LogP contribution in [0.5, 0.6) is 6.01 Å². The molecule has 0 amide bonds. The van der Waals surface area contributed by atoms with Gasteiger partial charge in [-0.25, -0.2) is 13.2 Å². The van der Waals surface area contributed by atoms with E-state index in [1.165, 1.54) is 0 Å². The van der Waals surface area contributed by atoms with Crippen molar-refractivity contribution in [2.75, 3.05) is 50.1 Å². The van der Waals surface area contributed by atoms with Crippen LogP contribution in [0.15, 0.2) is 18.2 Å². The van der Waals surface area contributed by atoms with Crippen molar-refractivity contribution in [1.82, 2.24) is 14.9 Å². The number of nitrogens with zero attached hydrogens (tertiary/aromatic N) is 5. The average molecular weight is 663 g/mol. The number of halogens is 6. The first-order chi connectivity index (χ1) is 21.9. The molecule has 3 unspecified atom stereocenters.